The summed E-state index contributed by atoms with van der Waals surface area (Å²) in [6, 6.07) is 14.3. The maximum atomic E-state index is 13.8. The number of hydrogen-bond donors (Lipinski definition) is 1. The first-order valence-electron chi connectivity index (χ1n) is 6.34. The first-order chi connectivity index (χ1) is 9.08. The summed E-state index contributed by atoms with van der Waals surface area (Å²) in [4.78, 5) is 0. The van der Waals surface area contributed by atoms with Crippen molar-refractivity contribution in [1.82, 2.24) is 0 Å². The lowest BCUT2D eigenvalue weighted by atomic mass is 10.1. The molecule has 0 heterocycles. The Hall–Kier alpha value is -1.87. The summed E-state index contributed by atoms with van der Waals surface area (Å²) in [5.41, 5.74) is 7.23. The Morgan fingerprint density at radius 2 is 1.74 bits per heavy atom. The van der Waals surface area contributed by atoms with E-state index in [0.29, 0.717) is 11.3 Å². The number of rotatable bonds is 4. The zero-order valence-electron chi connectivity index (χ0n) is 11.1. The average Bonchev–Trinajstić information content (AvgIpc) is 2.39. The minimum Gasteiger partial charge on any atom is -0.486 e. The van der Waals surface area contributed by atoms with Gasteiger partial charge < -0.3 is 10.5 Å². The van der Waals surface area contributed by atoms with Gasteiger partial charge in [-0.05, 0) is 25.5 Å². The van der Waals surface area contributed by atoms with Crippen molar-refractivity contribution in [1.29, 1.82) is 0 Å². The van der Waals surface area contributed by atoms with E-state index in [4.69, 9.17) is 10.5 Å². The Bertz CT molecular complexity index is 540. The second kappa shape index (κ2) is 5.85. The molecule has 0 saturated heterocycles. The molecule has 0 fully saturated rings. The van der Waals surface area contributed by atoms with Gasteiger partial charge in [0.25, 0.3) is 0 Å². The molecule has 2 atom stereocenters. The highest BCUT2D eigenvalue weighted by Crippen LogP contribution is 2.25. The van der Waals surface area contributed by atoms with Crippen molar-refractivity contribution in [2.24, 2.45) is 5.73 Å². The van der Waals surface area contributed by atoms with Gasteiger partial charge >= 0.3 is 0 Å². The van der Waals surface area contributed by atoms with Gasteiger partial charge in [0.2, 0.25) is 0 Å². The summed E-state index contributed by atoms with van der Waals surface area (Å²) >= 11 is 0. The van der Waals surface area contributed by atoms with Crippen LogP contribution in [-0.2, 0) is 0 Å². The van der Waals surface area contributed by atoms with Crippen LogP contribution in [0.1, 0.15) is 37.1 Å². The van der Waals surface area contributed by atoms with Crippen molar-refractivity contribution >= 4 is 0 Å². The first-order valence-corrected chi connectivity index (χ1v) is 6.34. The van der Waals surface area contributed by atoms with Crippen LogP contribution < -0.4 is 10.5 Å². The number of hydrogen-bond acceptors (Lipinski definition) is 2. The van der Waals surface area contributed by atoms with Gasteiger partial charge in [0, 0.05) is 17.7 Å². The van der Waals surface area contributed by atoms with Crippen molar-refractivity contribution in [3.63, 3.8) is 0 Å². The van der Waals surface area contributed by atoms with Gasteiger partial charge in [-0.3, -0.25) is 0 Å². The topological polar surface area (TPSA) is 35.2 Å². The van der Waals surface area contributed by atoms with Crippen LogP contribution in [0.15, 0.2) is 48.5 Å². The minimum atomic E-state index is -0.326. The number of halogens is 1. The molecule has 0 spiro atoms. The van der Waals surface area contributed by atoms with E-state index in [1.165, 1.54) is 6.07 Å². The van der Waals surface area contributed by atoms with E-state index >= 15 is 0 Å². The second-order valence-corrected chi connectivity index (χ2v) is 4.64. The standard InChI is InChI=1S/C16H18FNO/c1-11(18)15-9-8-14(10-16(15)17)19-12(2)13-6-4-3-5-7-13/h3-12H,18H2,1-2H3/t11-,12?/m0/s1. The van der Waals surface area contributed by atoms with Crippen LogP contribution in [0.4, 0.5) is 4.39 Å². The monoisotopic (exact) mass is 259 g/mol. The van der Waals surface area contributed by atoms with E-state index in [1.54, 1.807) is 19.1 Å². The van der Waals surface area contributed by atoms with Crippen LogP contribution in [0.2, 0.25) is 0 Å². The molecule has 0 aromatic heterocycles. The molecule has 2 N–H and O–H groups in total. The van der Waals surface area contributed by atoms with Gasteiger partial charge in [-0.15, -0.1) is 0 Å². The maximum absolute atomic E-state index is 13.8. The molecule has 0 aliphatic heterocycles. The van der Waals surface area contributed by atoms with Gasteiger partial charge in [-0.25, -0.2) is 4.39 Å². The predicted octanol–water partition coefficient (Wildman–Crippen LogP) is 3.99. The van der Waals surface area contributed by atoms with Crippen molar-refractivity contribution in [2.45, 2.75) is 26.0 Å². The van der Waals surface area contributed by atoms with Crippen molar-refractivity contribution < 1.29 is 9.13 Å². The molecule has 2 aromatic carbocycles. The molecular weight excluding hydrogens is 241 g/mol. The average molecular weight is 259 g/mol. The molecule has 0 bridgehead atoms. The lowest BCUT2D eigenvalue weighted by molar-refractivity contribution is 0.226. The molecular formula is C16H18FNO. The summed E-state index contributed by atoms with van der Waals surface area (Å²) in [6.45, 7) is 3.69. The van der Waals surface area contributed by atoms with E-state index in [2.05, 4.69) is 0 Å². The molecule has 1 unspecified atom stereocenters. The molecule has 3 heteroatoms. The van der Waals surface area contributed by atoms with Crippen LogP contribution in [-0.4, -0.2) is 0 Å². The highest BCUT2D eigenvalue weighted by atomic mass is 19.1. The largest absolute Gasteiger partial charge is 0.486 e. The molecule has 0 aliphatic carbocycles. The number of benzene rings is 2. The van der Waals surface area contributed by atoms with E-state index in [0.717, 1.165) is 5.56 Å². The zero-order chi connectivity index (χ0) is 13.8. The molecule has 0 saturated carbocycles. The molecule has 2 rings (SSSR count). The van der Waals surface area contributed by atoms with Gasteiger partial charge in [0.05, 0.1) is 0 Å². The van der Waals surface area contributed by atoms with Crippen LogP contribution in [0, 0.1) is 5.82 Å². The Labute approximate surface area is 113 Å². The van der Waals surface area contributed by atoms with Gasteiger partial charge in [0.1, 0.15) is 17.7 Å². The summed E-state index contributed by atoms with van der Waals surface area (Å²) in [5, 5.41) is 0. The summed E-state index contributed by atoms with van der Waals surface area (Å²) in [5.74, 6) is 0.186. The molecule has 0 amide bonds. The van der Waals surface area contributed by atoms with Crippen LogP contribution in [0.3, 0.4) is 0 Å². The summed E-state index contributed by atoms with van der Waals surface area (Å²) in [6.07, 6.45) is -0.123. The van der Waals surface area contributed by atoms with E-state index in [1.807, 2.05) is 37.3 Å². The van der Waals surface area contributed by atoms with Gasteiger partial charge in [0.15, 0.2) is 0 Å². The smallest absolute Gasteiger partial charge is 0.131 e. The third-order valence-corrected chi connectivity index (χ3v) is 3.04. The highest BCUT2D eigenvalue weighted by molar-refractivity contribution is 5.31. The van der Waals surface area contributed by atoms with E-state index in [9.17, 15) is 4.39 Å². The molecule has 0 radical (unpaired) electrons. The quantitative estimate of drug-likeness (QED) is 0.901. The fourth-order valence-corrected chi connectivity index (χ4v) is 1.95. The van der Waals surface area contributed by atoms with Crippen molar-refractivity contribution in [2.75, 3.05) is 0 Å². The molecule has 19 heavy (non-hydrogen) atoms. The van der Waals surface area contributed by atoms with Crippen LogP contribution in [0.5, 0.6) is 5.75 Å². The Morgan fingerprint density at radius 1 is 1.05 bits per heavy atom. The molecule has 0 aliphatic rings. The van der Waals surface area contributed by atoms with E-state index < -0.39 is 0 Å². The lowest BCUT2D eigenvalue weighted by Crippen LogP contribution is -2.08. The molecule has 2 aromatic rings. The Balaban J connectivity index is 2.14. The number of nitrogens with two attached hydrogens (primary N) is 1. The zero-order valence-corrected chi connectivity index (χ0v) is 11.1. The summed E-state index contributed by atoms with van der Waals surface area (Å²) in [7, 11) is 0. The van der Waals surface area contributed by atoms with E-state index in [-0.39, 0.29) is 18.0 Å². The van der Waals surface area contributed by atoms with Gasteiger partial charge in [-0.1, -0.05) is 36.4 Å². The van der Waals surface area contributed by atoms with Crippen LogP contribution >= 0.6 is 0 Å². The fraction of sp³-hybridized carbons (Fsp3) is 0.250. The normalized spacial score (nSPS) is 13.9. The third kappa shape index (κ3) is 3.32. The second-order valence-electron chi connectivity index (χ2n) is 4.64. The van der Waals surface area contributed by atoms with Crippen LogP contribution in [0.25, 0.3) is 0 Å². The first kappa shape index (κ1) is 13.6. The fourth-order valence-electron chi connectivity index (χ4n) is 1.95. The lowest BCUT2D eigenvalue weighted by Gasteiger charge is -2.16. The Kier molecular flexibility index (Phi) is 4.17. The third-order valence-electron chi connectivity index (χ3n) is 3.04. The summed E-state index contributed by atoms with van der Waals surface area (Å²) < 4.78 is 19.5. The molecule has 2 nitrogen and oxygen atoms in total. The predicted molar refractivity (Wildman–Crippen MR) is 74.5 cm³/mol. The highest BCUT2D eigenvalue weighted by Gasteiger charge is 2.11. The van der Waals surface area contributed by atoms with Crippen molar-refractivity contribution in [3.8, 4) is 5.75 Å². The molecule has 100 valence electrons. The van der Waals surface area contributed by atoms with Gasteiger partial charge in [-0.2, -0.15) is 0 Å². The van der Waals surface area contributed by atoms with Crippen molar-refractivity contribution in [3.05, 3.63) is 65.5 Å². The SMILES string of the molecule is CC(Oc1ccc([C@H](C)N)c(F)c1)c1ccccc1. The maximum Gasteiger partial charge on any atom is 0.131 e. The minimum absolute atomic E-state index is 0.123. The number of ether oxygens (including phenoxy) is 1. The Morgan fingerprint density at radius 3 is 2.32 bits per heavy atom.